The normalized spacial score (nSPS) is 17.5. The van der Waals surface area contributed by atoms with Gasteiger partial charge in [-0.1, -0.05) is 0 Å². The van der Waals surface area contributed by atoms with Gasteiger partial charge in [0.2, 0.25) is 5.96 Å². The number of rotatable bonds is 3. The zero-order chi connectivity index (χ0) is 11.6. The molecule has 1 aliphatic heterocycles. The van der Waals surface area contributed by atoms with Crippen molar-refractivity contribution < 1.29 is 8.42 Å². The van der Waals surface area contributed by atoms with Crippen molar-refractivity contribution in [1.29, 1.82) is 0 Å². The van der Waals surface area contributed by atoms with Crippen LogP contribution in [-0.2, 0) is 10.2 Å². The summed E-state index contributed by atoms with van der Waals surface area (Å²) in [4.78, 5) is 5.94. The first-order valence-electron chi connectivity index (χ1n) is 4.54. The fourth-order valence-corrected chi connectivity index (χ4v) is 1.50. The summed E-state index contributed by atoms with van der Waals surface area (Å²) in [5, 5.41) is 3.87. The minimum Gasteiger partial charge on any atom is -0.343 e. The van der Waals surface area contributed by atoms with Crippen LogP contribution in [0, 0.1) is 0 Å². The lowest BCUT2D eigenvalue weighted by Crippen LogP contribution is -2.36. The third-order valence-corrected chi connectivity index (χ3v) is 3.48. The highest BCUT2D eigenvalue weighted by Crippen LogP contribution is 2.02. The standard InChI is InChI=1S/C7H17N5O2S/c1-10(2)15(13,14)9-8-7-11(3)5-6-12(7)4/h9H,5-6H2,1-4H3. The highest BCUT2D eigenvalue weighted by atomic mass is 32.2. The third kappa shape index (κ3) is 2.72. The van der Waals surface area contributed by atoms with Crippen molar-refractivity contribution in [3.8, 4) is 0 Å². The summed E-state index contributed by atoms with van der Waals surface area (Å²) in [7, 11) is 3.14. The van der Waals surface area contributed by atoms with Crippen molar-refractivity contribution >= 4 is 16.2 Å². The maximum Gasteiger partial charge on any atom is 0.316 e. The Hall–Kier alpha value is -1.02. The van der Waals surface area contributed by atoms with Crippen molar-refractivity contribution in [1.82, 2.24) is 18.9 Å². The summed E-state index contributed by atoms with van der Waals surface area (Å²) < 4.78 is 23.8. The van der Waals surface area contributed by atoms with Crippen LogP contribution >= 0.6 is 0 Å². The van der Waals surface area contributed by atoms with E-state index in [0.29, 0.717) is 5.96 Å². The average molecular weight is 235 g/mol. The van der Waals surface area contributed by atoms with Gasteiger partial charge in [0.1, 0.15) is 0 Å². The molecule has 0 aliphatic carbocycles. The summed E-state index contributed by atoms with van der Waals surface area (Å²) in [6, 6.07) is 0. The van der Waals surface area contributed by atoms with Crippen LogP contribution in [-0.4, -0.2) is 69.8 Å². The highest BCUT2D eigenvalue weighted by Gasteiger charge is 2.21. The molecule has 0 spiro atoms. The summed E-state index contributed by atoms with van der Waals surface area (Å²) in [5.41, 5.74) is 0. The first-order chi connectivity index (χ1) is 6.84. The zero-order valence-corrected chi connectivity index (χ0v) is 10.2. The number of guanidine groups is 1. The van der Waals surface area contributed by atoms with E-state index in [0.717, 1.165) is 17.4 Å². The first kappa shape index (κ1) is 12.1. The predicted molar refractivity (Wildman–Crippen MR) is 58.4 cm³/mol. The van der Waals surface area contributed by atoms with Crippen LogP contribution in [0.3, 0.4) is 0 Å². The summed E-state index contributed by atoms with van der Waals surface area (Å²) in [6.45, 7) is 1.69. The third-order valence-electron chi connectivity index (χ3n) is 2.20. The minimum atomic E-state index is -3.49. The molecule has 1 saturated heterocycles. The molecule has 0 amide bonds. The Morgan fingerprint density at radius 3 is 2.13 bits per heavy atom. The fraction of sp³-hybridized carbons (Fsp3) is 0.857. The van der Waals surface area contributed by atoms with Crippen LogP contribution in [0.2, 0.25) is 0 Å². The summed E-state index contributed by atoms with van der Waals surface area (Å²) in [6.07, 6.45) is 0. The van der Waals surface area contributed by atoms with Gasteiger partial charge in [0.15, 0.2) is 0 Å². The number of hydrogen-bond acceptors (Lipinski definition) is 3. The summed E-state index contributed by atoms with van der Waals surface area (Å²) >= 11 is 0. The molecule has 0 aromatic heterocycles. The molecule has 0 aromatic rings. The number of likely N-dealkylation sites (N-methyl/N-ethyl adjacent to an activating group) is 2. The number of nitrogens with zero attached hydrogens (tertiary/aromatic N) is 4. The van der Waals surface area contributed by atoms with Crippen molar-refractivity contribution in [3.63, 3.8) is 0 Å². The van der Waals surface area contributed by atoms with Gasteiger partial charge in [-0.2, -0.15) is 17.6 Å². The molecule has 1 rings (SSSR count). The molecule has 15 heavy (non-hydrogen) atoms. The van der Waals surface area contributed by atoms with Crippen LogP contribution in [0.1, 0.15) is 0 Å². The van der Waals surface area contributed by atoms with Crippen molar-refractivity contribution in [2.24, 2.45) is 5.10 Å². The van der Waals surface area contributed by atoms with E-state index in [1.165, 1.54) is 14.1 Å². The minimum absolute atomic E-state index is 0.625. The molecular formula is C7H17N5O2S. The molecule has 0 aromatic carbocycles. The van der Waals surface area contributed by atoms with Gasteiger partial charge in [-0.05, 0) is 0 Å². The Morgan fingerprint density at radius 1 is 1.27 bits per heavy atom. The maximum atomic E-state index is 11.4. The van der Waals surface area contributed by atoms with Crippen LogP contribution in [0.4, 0.5) is 0 Å². The van der Waals surface area contributed by atoms with E-state index >= 15 is 0 Å². The van der Waals surface area contributed by atoms with Crippen LogP contribution in [0.25, 0.3) is 0 Å². The van der Waals surface area contributed by atoms with E-state index in [9.17, 15) is 8.42 Å². The molecule has 8 heteroatoms. The Kier molecular flexibility index (Phi) is 3.40. The van der Waals surface area contributed by atoms with Gasteiger partial charge in [0.25, 0.3) is 0 Å². The average Bonchev–Trinajstić information content (AvgIpc) is 2.43. The molecular weight excluding hydrogens is 218 g/mol. The van der Waals surface area contributed by atoms with Crippen molar-refractivity contribution in [2.75, 3.05) is 41.3 Å². The second kappa shape index (κ2) is 4.23. The Morgan fingerprint density at radius 2 is 1.73 bits per heavy atom. The smallest absolute Gasteiger partial charge is 0.316 e. The Bertz CT molecular complexity index is 338. The largest absolute Gasteiger partial charge is 0.343 e. The molecule has 1 heterocycles. The van der Waals surface area contributed by atoms with E-state index in [-0.39, 0.29) is 0 Å². The molecule has 1 fully saturated rings. The van der Waals surface area contributed by atoms with Gasteiger partial charge in [-0.15, -0.1) is 5.10 Å². The number of hydrazone groups is 1. The van der Waals surface area contributed by atoms with E-state index in [2.05, 4.69) is 9.93 Å². The van der Waals surface area contributed by atoms with Gasteiger partial charge in [0.05, 0.1) is 0 Å². The molecule has 1 aliphatic rings. The topological polar surface area (TPSA) is 68.2 Å². The lowest BCUT2D eigenvalue weighted by atomic mass is 10.6. The highest BCUT2D eigenvalue weighted by molar-refractivity contribution is 7.87. The van der Waals surface area contributed by atoms with Gasteiger partial charge < -0.3 is 9.80 Å². The fourth-order valence-electron chi connectivity index (χ4n) is 1.14. The van der Waals surface area contributed by atoms with Gasteiger partial charge in [-0.25, -0.2) is 0 Å². The second-order valence-electron chi connectivity index (χ2n) is 3.63. The van der Waals surface area contributed by atoms with E-state index in [4.69, 9.17) is 0 Å². The van der Waals surface area contributed by atoms with Gasteiger partial charge >= 0.3 is 10.2 Å². The van der Waals surface area contributed by atoms with Crippen molar-refractivity contribution in [2.45, 2.75) is 0 Å². The lowest BCUT2D eigenvalue weighted by Gasteiger charge is -2.16. The molecule has 1 N–H and O–H groups in total. The van der Waals surface area contributed by atoms with Crippen LogP contribution < -0.4 is 4.83 Å². The molecule has 88 valence electrons. The summed E-state index contributed by atoms with van der Waals surface area (Å²) in [5.74, 6) is 0.625. The van der Waals surface area contributed by atoms with Gasteiger partial charge in [0, 0.05) is 41.3 Å². The number of hydrogen-bond donors (Lipinski definition) is 1. The molecule has 0 atom stereocenters. The molecule has 0 unspecified atom stereocenters. The van der Waals surface area contributed by atoms with Crippen LogP contribution in [0.5, 0.6) is 0 Å². The SMILES string of the molecule is CN1CCN(C)C1=NNS(=O)(=O)N(C)C. The quantitative estimate of drug-likeness (QED) is 0.607. The first-order valence-corrected chi connectivity index (χ1v) is 5.98. The monoisotopic (exact) mass is 235 g/mol. The second-order valence-corrected chi connectivity index (χ2v) is 5.50. The van der Waals surface area contributed by atoms with Crippen LogP contribution in [0.15, 0.2) is 5.10 Å². The molecule has 7 nitrogen and oxygen atoms in total. The predicted octanol–water partition coefficient (Wildman–Crippen LogP) is -1.47. The Labute approximate surface area is 90.5 Å². The van der Waals surface area contributed by atoms with Gasteiger partial charge in [-0.3, -0.25) is 0 Å². The molecule has 0 saturated carbocycles. The number of nitrogens with one attached hydrogen (secondary N) is 1. The lowest BCUT2D eigenvalue weighted by molar-refractivity contribution is 0.503. The maximum absolute atomic E-state index is 11.4. The van der Waals surface area contributed by atoms with Crippen molar-refractivity contribution in [3.05, 3.63) is 0 Å². The van der Waals surface area contributed by atoms with E-state index in [1.807, 2.05) is 23.9 Å². The molecule has 0 bridgehead atoms. The zero-order valence-electron chi connectivity index (χ0n) is 9.43. The van der Waals surface area contributed by atoms with E-state index < -0.39 is 10.2 Å². The molecule has 0 radical (unpaired) electrons. The Balaban J connectivity index is 2.73. The van der Waals surface area contributed by atoms with E-state index in [1.54, 1.807) is 0 Å².